The number of hydrogen-bond donors (Lipinski definition) is 1. The van der Waals surface area contributed by atoms with Gasteiger partial charge in [0.25, 0.3) is 5.91 Å². The summed E-state index contributed by atoms with van der Waals surface area (Å²) in [6.07, 6.45) is 2.45. The molecule has 0 spiro atoms. The van der Waals surface area contributed by atoms with Crippen LogP contribution >= 0.6 is 11.3 Å². The molecule has 0 radical (unpaired) electrons. The molecule has 2 rings (SSSR count). The lowest BCUT2D eigenvalue weighted by atomic mass is 9.89. The van der Waals surface area contributed by atoms with Crippen LogP contribution in [0, 0.1) is 12.8 Å². The number of nitrogens with zero attached hydrogens (tertiary/aromatic N) is 1. The number of carboxylic acids is 1. The number of aliphatic carboxylic acids is 1. The molecule has 2 heterocycles. The van der Waals surface area contributed by atoms with Gasteiger partial charge in [0.05, 0.1) is 4.88 Å². The second-order valence-corrected chi connectivity index (χ2v) is 6.35. The van der Waals surface area contributed by atoms with Crippen LogP contribution in [0.3, 0.4) is 0 Å². The maximum atomic E-state index is 12.4. The topological polar surface area (TPSA) is 57.6 Å². The van der Waals surface area contributed by atoms with E-state index in [9.17, 15) is 14.7 Å². The minimum absolute atomic E-state index is 0.139. The maximum absolute atomic E-state index is 12.4. The Hall–Kier alpha value is -1.36. The maximum Gasteiger partial charge on any atom is 0.326 e. The van der Waals surface area contributed by atoms with Crippen LogP contribution < -0.4 is 0 Å². The highest BCUT2D eigenvalue weighted by atomic mass is 32.1. The van der Waals surface area contributed by atoms with Crippen molar-refractivity contribution in [2.75, 3.05) is 6.54 Å². The summed E-state index contributed by atoms with van der Waals surface area (Å²) in [6, 6.07) is 3.01. The first-order valence-electron chi connectivity index (χ1n) is 6.63. The zero-order valence-corrected chi connectivity index (χ0v) is 12.1. The number of carbonyl (C=O) groups excluding carboxylic acids is 1. The number of aryl methyl sites for hydroxylation is 1. The van der Waals surface area contributed by atoms with Gasteiger partial charge in [-0.25, -0.2) is 4.79 Å². The molecule has 19 heavy (non-hydrogen) atoms. The highest BCUT2D eigenvalue weighted by Crippen LogP contribution is 2.28. The Bertz CT molecular complexity index is 483. The normalized spacial score (nSPS) is 23.4. The van der Waals surface area contributed by atoms with E-state index in [1.807, 2.05) is 13.0 Å². The summed E-state index contributed by atoms with van der Waals surface area (Å²) in [4.78, 5) is 27.0. The molecule has 1 fully saturated rings. The molecule has 0 bridgehead atoms. The number of thiophene rings is 1. The molecular weight excluding hydrogens is 262 g/mol. The molecule has 0 aliphatic carbocycles. The quantitative estimate of drug-likeness (QED) is 0.926. The number of hydrogen-bond acceptors (Lipinski definition) is 3. The molecule has 0 aromatic carbocycles. The first kappa shape index (κ1) is 14.1. The largest absolute Gasteiger partial charge is 0.480 e. The van der Waals surface area contributed by atoms with E-state index >= 15 is 0 Å². The molecule has 0 saturated carbocycles. The van der Waals surface area contributed by atoms with Crippen LogP contribution in [0.25, 0.3) is 0 Å². The summed E-state index contributed by atoms with van der Waals surface area (Å²) in [5.74, 6) is -0.616. The van der Waals surface area contributed by atoms with Gasteiger partial charge in [-0.2, -0.15) is 0 Å². The van der Waals surface area contributed by atoms with Crippen LogP contribution in [-0.2, 0) is 4.79 Å². The van der Waals surface area contributed by atoms with E-state index in [0.29, 0.717) is 23.8 Å². The first-order chi connectivity index (χ1) is 9.02. The van der Waals surface area contributed by atoms with Crippen LogP contribution in [0.1, 0.15) is 40.7 Å². The molecule has 4 nitrogen and oxygen atoms in total. The van der Waals surface area contributed by atoms with Gasteiger partial charge in [-0.15, -0.1) is 11.3 Å². The molecule has 2 atom stereocenters. The van der Waals surface area contributed by atoms with Crippen LogP contribution in [0.15, 0.2) is 12.1 Å². The Labute approximate surface area is 117 Å². The van der Waals surface area contributed by atoms with E-state index in [4.69, 9.17) is 0 Å². The SMILES string of the molecule is CCC1CCN(C(=O)c2ccc(C)s2)C(C(=O)O)C1. The number of likely N-dealkylation sites (tertiary alicyclic amines) is 1. The van der Waals surface area contributed by atoms with Crippen molar-refractivity contribution in [2.45, 2.75) is 39.2 Å². The molecule has 1 aromatic rings. The van der Waals surface area contributed by atoms with Crippen molar-refractivity contribution < 1.29 is 14.7 Å². The number of carboxylic acid groups (broad SMARTS) is 1. The summed E-state index contributed by atoms with van der Waals surface area (Å²) in [5.41, 5.74) is 0. The lowest BCUT2D eigenvalue weighted by molar-refractivity contribution is -0.144. The van der Waals surface area contributed by atoms with Gasteiger partial charge < -0.3 is 10.0 Å². The third-order valence-electron chi connectivity index (χ3n) is 3.79. The number of rotatable bonds is 3. The lowest BCUT2D eigenvalue weighted by Crippen LogP contribution is -2.49. The molecule has 1 aliphatic heterocycles. The monoisotopic (exact) mass is 281 g/mol. The van der Waals surface area contributed by atoms with Crippen molar-refractivity contribution in [1.29, 1.82) is 0 Å². The van der Waals surface area contributed by atoms with Crippen LogP contribution in [0.2, 0.25) is 0 Å². The van der Waals surface area contributed by atoms with Crippen molar-refractivity contribution in [3.8, 4) is 0 Å². The zero-order valence-electron chi connectivity index (χ0n) is 11.3. The summed E-state index contributed by atoms with van der Waals surface area (Å²) in [7, 11) is 0. The highest BCUT2D eigenvalue weighted by molar-refractivity contribution is 7.13. The molecule has 1 aromatic heterocycles. The van der Waals surface area contributed by atoms with Crippen molar-refractivity contribution >= 4 is 23.2 Å². The number of amides is 1. The van der Waals surface area contributed by atoms with Gasteiger partial charge in [0.1, 0.15) is 6.04 Å². The van der Waals surface area contributed by atoms with E-state index in [2.05, 4.69) is 6.92 Å². The molecular formula is C14H19NO3S. The van der Waals surface area contributed by atoms with Crippen molar-refractivity contribution in [2.24, 2.45) is 5.92 Å². The Morgan fingerprint density at radius 1 is 1.47 bits per heavy atom. The van der Waals surface area contributed by atoms with Gasteiger partial charge in [-0.1, -0.05) is 13.3 Å². The second kappa shape index (κ2) is 5.74. The molecule has 2 unspecified atom stereocenters. The third kappa shape index (κ3) is 2.97. The van der Waals surface area contributed by atoms with Gasteiger partial charge in [0.2, 0.25) is 0 Å². The van der Waals surface area contributed by atoms with Crippen molar-refractivity contribution in [1.82, 2.24) is 4.90 Å². The Morgan fingerprint density at radius 2 is 2.21 bits per heavy atom. The average molecular weight is 281 g/mol. The number of carbonyl (C=O) groups is 2. The fraction of sp³-hybridized carbons (Fsp3) is 0.571. The molecule has 1 N–H and O–H groups in total. The van der Waals surface area contributed by atoms with Crippen LogP contribution in [0.5, 0.6) is 0 Å². The molecule has 1 amide bonds. The molecule has 104 valence electrons. The molecule has 5 heteroatoms. The minimum Gasteiger partial charge on any atom is -0.480 e. The Balaban J connectivity index is 2.17. The van der Waals surface area contributed by atoms with Crippen molar-refractivity contribution in [3.63, 3.8) is 0 Å². The van der Waals surface area contributed by atoms with Gasteiger partial charge in [-0.3, -0.25) is 4.79 Å². The predicted octanol–water partition coefficient (Wildman–Crippen LogP) is 2.77. The molecule has 1 aliphatic rings. The van der Waals surface area contributed by atoms with Gasteiger partial charge >= 0.3 is 5.97 Å². The van der Waals surface area contributed by atoms with E-state index in [-0.39, 0.29) is 5.91 Å². The van der Waals surface area contributed by atoms with E-state index in [0.717, 1.165) is 17.7 Å². The second-order valence-electron chi connectivity index (χ2n) is 5.06. The van der Waals surface area contributed by atoms with Crippen LogP contribution in [-0.4, -0.2) is 34.5 Å². The summed E-state index contributed by atoms with van der Waals surface area (Å²) in [6.45, 7) is 4.56. The smallest absolute Gasteiger partial charge is 0.326 e. The van der Waals surface area contributed by atoms with E-state index in [1.165, 1.54) is 16.2 Å². The van der Waals surface area contributed by atoms with E-state index < -0.39 is 12.0 Å². The predicted molar refractivity (Wildman–Crippen MR) is 74.5 cm³/mol. The van der Waals surface area contributed by atoms with Crippen molar-refractivity contribution in [3.05, 3.63) is 21.9 Å². The standard InChI is InChI=1S/C14H19NO3S/c1-3-10-6-7-15(11(8-10)14(17)18)13(16)12-5-4-9(2)19-12/h4-5,10-11H,3,6-8H2,1-2H3,(H,17,18). The van der Waals surface area contributed by atoms with Gasteiger partial charge in [0, 0.05) is 11.4 Å². The summed E-state index contributed by atoms with van der Waals surface area (Å²) >= 11 is 1.43. The fourth-order valence-corrected chi connectivity index (χ4v) is 3.40. The fourth-order valence-electron chi connectivity index (χ4n) is 2.58. The van der Waals surface area contributed by atoms with Gasteiger partial charge in [-0.05, 0) is 37.8 Å². The summed E-state index contributed by atoms with van der Waals surface area (Å²) in [5, 5.41) is 9.33. The molecule has 1 saturated heterocycles. The lowest BCUT2D eigenvalue weighted by Gasteiger charge is -2.36. The minimum atomic E-state index is -0.889. The number of piperidine rings is 1. The zero-order chi connectivity index (χ0) is 14.0. The summed E-state index contributed by atoms with van der Waals surface area (Å²) < 4.78 is 0. The highest BCUT2D eigenvalue weighted by Gasteiger charge is 2.36. The average Bonchev–Trinajstić information content (AvgIpc) is 2.83. The van der Waals surface area contributed by atoms with Gasteiger partial charge in [0.15, 0.2) is 0 Å². The Morgan fingerprint density at radius 3 is 2.74 bits per heavy atom. The van der Waals surface area contributed by atoms with Crippen LogP contribution in [0.4, 0.5) is 0 Å². The Kier molecular flexibility index (Phi) is 4.24. The van der Waals surface area contributed by atoms with E-state index in [1.54, 1.807) is 6.07 Å². The first-order valence-corrected chi connectivity index (χ1v) is 7.44. The third-order valence-corrected chi connectivity index (χ3v) is 4.77.